The third-order valence-electron chi connectivity index (χ3n) is 1.41. The van der Waals surface area contributed by atoms with Crippen molar-refractivity contribution in [3.63, 3.8) is 0 Å². The van der Waals surface area contributed by atoms with Crippen LogP contribution in [0, 0.1) is 0 Å². The lowest BCUT2D eigenvalue weighted by molar-refractivity contribution is 0.106. The quantitative estimate of drug-likeness (QED) is 0.645. The molecule has 1 unspecified atom stereocenters. The van der Waals surface area contributed by atoms with E-state index in [0.29, 0.717) is 15.6 Å². The van der Waals surface area contributed by atoms with Gasteiger partial charge in [-0.25, -0.2) is 5.11 Å². The van der Waals surface area contributed by atoms with Crippen LogP contribution >= 0.6 is 23.2 Å². The molecule has 1 aromatic carbocycles. The largest absolute Gasteiger partial charge is 0.228 e. The Balaban J connectivity index is 3.21. The van der Waals surface area contributed by atoms with Gasteiger partial charge in [0.05, 0.1) is 0 Å². The van der Waals surface area contributed by atoms with Crippen LogP contribution in [0.5, 0.6) is 0 Å². The third kappa shape index (κ3) is 1.86. The van der Waals surface area contributed by atoms with Gasteiger partial charge in [0, 0.05) is 15.6 Å². The maximum atomic E-state index is 11.0. The molecule has 0 aliphatic heterocycles. The van der Waals surface area contributed by atoms with Crippen molar-refractivity contribution in [2.45, 2.75) is 13.0 Å². The first kappa shape index (κ1) is 8.85. The standard InChI is InChI=1S/C8H7Cl2O/c1-5(11)8-6(9)3-2-4-7(8)10/h2-5H,1H3. The zero-order chi connectivity index (χ0) is 8.43. The van der Waals surface area contributed by atoms with Crippen molar-refractivity contribution in [1.82, 2.24) is 0 Å². The zero-order valence-corrected chi connectivity index (χ0v) is 7.49. The van der Waals surface area contributed by atoms with Crippen molar-refractivity contribution < 1.29 is 5.11 Å². The molecule has 0 aliphatic rings. The summed E-state index contributed by atoms with van der Waals surface area (Å²) < 4.78 is 0. The molecule has 0 N–H and O–H groups in total. The summed E-state index contributed by atoms with van der Waals surface area (Å²) in [5.41, 5.74) is 0.482. The van der Waals surface area contributed by atoms with E-state index >= 15 is 0 Å². The van der Waals surface area contributed by atoms with Crippen molar-refractivity contribution in [3.8, 4) is 0 Å². The maximum absolute atomic E-state index is 11.0. The van der Waals surface area contributed by atoms with E-state index in [9.17, 15) is 5.11 Å². The highest BCUT2D eigenvalue weighted by Gasteiger charge is 2.10. The summed E-state index contributed by atoms with van der Waals surface area (Å²) >= 11 is 11.5. The fourth-order valence-corrected chi connectivity index (χ4v) is 1.60. The lowest BCUT2D eigenvalue weighted by Gasteiger charge is -2.06. The highest BCUT2D eigenvalue weighted by Crippen LogP contribution is 2.29. The Morgan fingerprint density at radius 2 is 1.73 bits per heavy atom. The summed E-state index contributed by atoms with van der Waals surface area (Å²) in [7, 11) is 0. The molecule has 0 bridgehead atoms. The second-order valence-corrected chi connectivity index (χ2v) is 3.09. The van der Waals surface area contributed by atoms with Crippen molar-refractivity contribution >= 4 is 23.2 Å². The summed E-state index contributed by atoms with van der Waals surface area (Å²) in [5.74, 6) is 0. The van der Waals surface area contributed by atoms with E-state index in [1.807, 2.05) is 0 Å². The first-order valence-corrected chi connectivity index (χ1v) is 3.98. The van der Waals surface area contributed by atoms with Gasteiger partial charge in [-0.1, -0.05) is 29.3 Å². The number of hydrogen-bond acceptors (Lipinski definition) is 0. The topological polar surface area (TPSA) is 19.9 Å². The van der Waals surface area contributed by atoms with Crippen molar-refractivity contribution in [2.24, 2.45) is 0 Å². The first-order chi connectivity index (χ1) is 5.13. The first-order valence-electron chi connectivity index (χ1n) is 3.22. The average molecular weight is 190 g/mol. The number of hydrogen-bond donors (Lipinski definition) is 0. The Kier molecular flexibility index (Phi) is 2.77. The minimum atomic E-state index is -0.865. The summed E-state index contributed by atoms with van der Waals surface area (Å²) in [4.78, 5) is 0. The fraction of sp³-hybridized carbons (Fsp3) is 0.250. The Hall–Kier alpha value is -0.240. The maximum Gasteiger partial charge on any atom is 0.118 e. The van der Waals surface area contributed by atoms with Crippen LogP contribution in [0.1, 0.15) is 18.6 Å². The van der Waals surface area contributed by atoms with E-state index in [-0.39, 0.29) is 0 Å². The predicted octanol–water partition coefficient (Wildman–Crippen LogP) is 3.48. The molecular formula is C8H7Cl2O. The Labute approximate surface area is 75.6 Å². The van der Waals surface area contributed by atoms with Crippen LogP contribution in [0.25, 0.3) is 0 Å². The van der Waals surface area contributed by atoms with Crippen LogP contribution in [-0.2, 0) is 5.11 Å². The summed E-state index contributed by atoms with van der Waals surface area (Å²) in [6, 6.07) is 5.05. The minimum absolute atomic E-state index is 0.444. The molecule has 1 radical (unpaired) electrons. The van der Waals surface area contributed by atoms with Crippen molar-refractivity contribution in [2.75, 3.05) is 0 Å². The number of rotatable bonds is 1. The average Bonchev–Trinajstić information content (AvgIpc) is 1.85. The SMILES string of the molecule is CC([O])c1c(Cl)cccc1Cl. The normalized spacial score (nSPS) is 13.1. The van der Waals surface area contributed by atoms with Gasteiger partial charge in [0.25, 0.3) is 0 Å². The molecule has 59 valence electrons. The molecule has 0 fully saturated rings. The van der Waals surface area contributed by atoms with Crippen LogP contribution in [0.15, 0.2) is 18.2 Å². The second-order valence-electron chi connectivity index (χ2n) is 2.28. The van der Waals surface area contributed by atoms with E-state index in [1.165, 1.54) is 6.92 Å². The van der Waals surface area contributed by atoms with E-state index in [2.05, 4.69) is 0 Å². The van der Waals surface area contributed by atoms with Gasteiger partial charge in [-0.2, -0.15) is 0 Å². The van der Waals surface area contributed by atoms with Crippen LogP contribution in [0.2, 0.25) is 10.0 Å². The Morgan fingerprint density at radius 1 is 1.27 bits per heavy atom. The highest BCUT2D eigenvalue weighted by molar-refractivity contribution is 6.36. The van der Waals surface area contributed by atoms with Gasteiger partial charge in [-0.15, -0.1) is 0 Å². The van der Waals surface area contributed by atoms with E-state index < -0.39 is 6.10 Å². The Morgan fingerprint density at radius 3 is 2.00 bits per heavy atom. The zero-order valence-electron chi connectivity index (χ0n) is 5.97. The molecule has 1 atom stereocenters. The summed E-state index contributed by atoms with van der Waals surface area (Å²) in [6.07, 6.45) is -0.865. The molecule has 3 heteroatoms. The Bertz CT molecular complexity index is 238. The molecule has 0 heterocycles. The van der Waals surface area contributed by atoms with Gasteiger partial charge >= 0.3 is 0 Å². The lowest BCUT2D eigenvalue weighted by Crippen LogP contribution is -1.91. The molecule has 0 amide bonds. The van der Waals surface area contributed by atoms with Crippen LogP contribution in [0.3, 0.4) is 0 Å². The summed E-state index contributed by atoms with van der Waals surface area (Å²) in [5, 5.41) is 11.9. The third-order valence-corrected chi connectivity index (χ3v) is 2.07. The van der Waals surface area contributed by atoms with Crippen molar-refractivity contribution in [1.29, 1.82) is 0 Å². The number of benzene rings is 1. The molecule has 1 rings (SSSR count). The van der Waals surface area contributed by atoms with Crippen LogP contribution < -0.4 is 0 Å². The minimum Gasteiger partial charge on any atom is -0.228 e. The molecule has 0 saturated heterocycles. The van der Waals surface area contributed by atoms with Gasteiger partial charge in [-0.05, 0) is 19.1 Å². The van der Waals surface area contributed by atoms with Gasteiger partial charge in [-0.3, -0.25) is 0 Å². The monoisotopic (exact) mass is 189 g/mol. The lowest BCUT2D eigenvalue weighted by atomic mass is 10.1. The van der Waals surface area contributed by atoms with E-state index in [0.717, 1.165) is 0 Å². The molecule has 0 aliphatic carbocycles. The summed E-state index contributed by atoms with van der Waals surface area (Å²) in [6.45, 7) is 1.52. The molecular weight excluding hydrogens is 183 g/mol. The molecule has 1 nitrogen and oxygen atoms in total. The smallest absolute Gasteiger partial charge is 0.118 e. The molecule has 0 spiro atoms. The molecule has 0 aromatic heterocycles. The molecule has 0 saturated carbocycles. The van der Waals surface area contributed by atoms with Gasteiger partial charge in [0.15, 0.2) is 0 Å². The molecule has 11 heavy (non-hydrogen) atoms. The molecule has 1 aromatic rings. The highest BCUT2D eigenvalue weighted by atomic mass is 35.5. The number of halogens is 2. The predicted molar refractivity (Wildman–Crippen MR) is 45.6 cm³/mol. The van der Waals surface area contributed by atoms with Gasteiger partial charge in [0.1, 0.15) is 6.10 Å². The van der Waals surface area contributed by atoms with E-state index in [4.69, 9.17) is 23.2 Å². The van der Waals surface area contributed by atoms with Gasteiger partial charge in [0.2, 0.25) is 0 Å². The van der Waals surface area contributed by atoms with Gasteiger partial charge < -0.3 is 0 Å². The van der Waals surface area contributed by atoms with E-state index in [1.54, 1.807) is 18.2 Å². The van der Waals surface area contributed by atoms with Crippen LogP contribution in [-0.4, -0.2) is 0 Å². The van der Waals surface area contributed by atoms with Crippen LogP contribution in [0.4, 0.5) is 0 Å². The second kappa shape index (κ2) is 3.44. The van der Waals surface area contributed by atoms with Crippen molar-refractivity contribution in [3.05, 3.63) is 33.8 Å². The fourth-order valence-electron chi connectivity index (χ4n) is 0.899.